The van der Waals surface area contributed by atoms with Gasteiger partial charge in [-0.25, -0.2) is 9.97 Å². The van der Waals surface area contributed by atoms with Crippen molar-refractivity contribution in [3.05, 3.63) is 16.3 Å². The van der Waals surface area contributed by atoms with Gasteiger partial charge in [-0.1, -0.05) is 0 Å². The van der Waals surface area contributed by atoms with E-state index in [1.54, 1.807) is 0 Å². The van der Waals surface area contributed by atoms with Crippen molar-refractivity contribution >= 4 is 33.3 Å². The number of thiophene rings is 1. The summed E-state index contributed by atoms with van der Waals surface area (Å²) in [6.07, 6.45) is 5.57. The van der Waals surface area contributed by atoms with Gasteiger partial charge in [0, 0.05) is 24.5 Å². The summed E-state index contributed by atoms with van der Waals surface area (Å²) in [4.78, 5) is 26.7. The maximum Gasteiger partial charge on any atom is 0.224 e. The first kappa shape index (κ1) is 15.8. The van der Waals surface area contributed by atoms with Gasteiger partial charge in [-0.2, -0.15) is 0 Å². The van der Waals surface area contributed by atoms with Crippen LogP contribution in [0.5, 0.6) is 0 Å². The smallest absolute Gasteiger partial charge is 0.224 e. The second-order valence-electron chi connectivity index (χ2n) is 6.81. The van der Waals surface area contributed by atoms with E-state index in [1.807, 2.05) is 25.2 Å². The minimum atomic E-state index is 0.0655. The Kier molecular flexibility index (Phi) is 4.16. The fraction of sp³-hybridized carbons (Fsp3) is 0.611. The molecule has 1 fully saturated rings. The summed E-state index contributed by atoms with van der Waals surface area (Å²) < 4.78 is 0. The molecule has 0 bridgehead atoms. The first-order valence-electron chi connectivity index (χ1n) is 8.99. The first-order chi connectivity index (χ1) is 11.7. The van der Waals surface area contributed by atoms with Crippen LogP contribution in [-0.2, 0) is 17.6 Å². The minimum Gasteiger partial charge on any atom is -0.356 e. The van der Waals surface area contributed by atoms with Crippen molar-refractivity contribution in [3.8, 4) is 0 Å². The van der Waals surface area contributed by atoms with Crippen LogP contribution in [0.1, 0.15) is 42.5 Å². The predicted octanol–water partition coefficient (Wildman–Crippen LogP) is 2.84. The molecular weight excluding hydrogens is 320 g/mol. The Balaban J connectivity index is 1.71. The van der Waals surface area contributed by atoms with Gasteiger partial charge in [0.1, 0.15) is 16.5 Å². The Bertz CT molecular complexity index is 785. The molecule has 4 rings (SSSR count). The summed E-state index contributed by atoms with van der Waals surface area (Å²) >= 11 is 1.84. The summed E-state index contributed by atoms with van der Waals surface area (Å²) in [5.74, 6) is 2.14. The number of carbonyl (C=O) groups is 1. The molecule has 2 aromatic rings. The Morgan fingerprint density at radius 1 is 1.33 bits per heavy atom. The van der Waals surface area contributed by atoms with Gasteiger partial charge < -0.3 is 10.2 Å². The largest absolute Gasteiger partial charge is 0.356 e. The fourth-order valence-electron chi connectivity index (χ4n) is 4.01. The van der Waals surface area contributed by atoms with Crippen molar-refractivity contribution in [1.29, 1.82) is 0 Å². The van der Waals surface area contributed by atoms with Gasteiger partial charge in [-0.3, -0.25) is 4.79 Å². The number of piperidine rings is 1. The number of hydrogen-bond acceptors (Lipinski definition) is 5. The van der Waals surface area contributed by atoms with Crippen molar-refractivity contribution in [2.75, 3.05) is 24.5 Å². The van der Waals surface area contributed by atoms with Gasteiger partial charge in [0.25, 0.3) is 0 Å². The van der Waals surface area contributed by atoms with Crippen LogP contribution >= 0.6 is 11.3 Å². The Morgan fingerprint density at radius 3 is 3.04 bits per heavy atom. The molecule has 1 aliphatic carbocycles. The second-order valence-corrected chi connectivity index (χ2v) is 7.90. The van der Waals surface area contributed by atoms with Crippen LogP contribution in [0, 0.1) is 12.8 Å². The van der Waals surface area contributed by atoms with E-state index in [0.29, 0.717) is 6.54 Å². The Hall–Kier alpha value is -1.69. The van der Waals surface area contributed by atoms with Crippen molar-refractivity contribution in [2.45, 2.75) is 46.0 Å². The maximum atomic E-state index is 12.3. The maximum absolute atomic E-state index is 12.3. The van der Waals surface area contributed by atoms with Crippen LogP contribution in [0.25, 0.3) is 10.2 Å². The van der Waals surface area contributed by atoms with Crippen molar-refractivity contribution in [3.63, 3.8) is 0 Å². The monoisotopic (exact) mass is 344 g/mol. The highest BCUT2D eigenvalue weighted by molar-refractivity contribution is 7.19. The Labute approximate surface area is 146 Å². The van der Waals surface area contributed by atoms with Crippen LogP contribution in [0.15, 0.2) is 0 Å². The molecule has 2 aliphatic rings. The summed E-state index contributed by atoms with van der Waals surface area (Å²) in [5, 5.41) is 4.24. The lowest BCUT2D eigenvalue weighted by molar-refractivity contribution is -0.125. The minimum absolute atomic E-state index is 0.0655. The van der Waals surface area contributed by atoms with Crippen LogP contribution in [-0.4, -0.2) is 35.5 Å². The average molecular weight is 344 g/mol. The third kappa shape index (κ3) is 2.66. The van der Waals surface area contributed by atoms with Crippen LogP contribution in [0.4, 0.5) is 5.82 Å². The number of fused-ring (bicyclic) bond motifs is 3. The number of aryl methyl sites for hydroxylation is 3. The lowest BCUT2D eigenvalue weighted by Gasteiger charge is -2.33. The molecule has 1 saturated heterocycles. The molecule has 0 spiro atoms. The molecule has 1 atom stereocenters. The van der Waals surface area contributed by atoms with E-state index in [4.69, 9.17) is 4.98 Å². The van der Waals surface area contributed by atoms with E-state index >= 15 is 0 Å². The van der Waals surface area contributed by atoms with Crippen molar-refractivity contribution in [1.82, 2.24) is 15.3 Å². The van der Waals surface area contributed by atoms with Crippen LogP contribution in [0.2, 0.25) is 0 Å². The van der Waals surface area contributed by atoms with Gasteiger partial charge >= 0.3 is 0 Å². The molecule has 1 aliphatic heterocycles. The lowest BCUT2D eigenvalue weighted by Crippen LogP contribution is -2.43. The number of amides is 1. The molecule has 0 radical (unpaired) electrons. The number of nitrogens with one attached hydrogen (secondary N) is 1. The van der Waals surface area contributed by atoms with E-state index in [2.05, 4.69) is 15.2 Å². The van der Waals surface area contributed by atoms with Crippen LogP contribution in [0.3, 0.4) is 0 Å². The molecule has 0 aromatic carbocycles. The molecule has 1 unspecified atom stereocenters. The van der Waals surface area contributed by atoms with Gasteiger partial charge in [-0.05, 0) is 51.5 Å². The molecule has 6 heteroatoms. The molecule has 24 heavy (non-hydrogen) atoms. The van der Waals surface area contributed by atoms with Crippen molar-refractivity contribution < 1.29 is 4.79 Å². The third-order valence-electron chi connectivity index (χ3n) is 5.10. The summed E-state index contributed by atoms with van der Waals surface area (Å²) in [7, 11) is 0. The van der Waals surface area contributed by atoms with Crippen LogP contribution < -0.4 is 10.2 Å². The number of nitrogens with zero attached hydrogens (tertiary/aromatic N) is 3. The summed E-state index contributed by atoms with van der Waals surface area (Å²) in [6.45, 7) is 6.39. The van der Waals surface area contributed by atoms with Gasteiger partial charge in [0.05, 0.1) is 11.3 Å². The highest BCUT2D eigenvalue weighted by Gasteiger charge is 2.29. The molecule has 3 heterocycles. The molecular formula is C18H24N4OS. The normalized spacial score (nSPS) is 20.4. The molecule has 2 aromatic heterocycles. The fourth-order valence-corrected chi connectivity index (χ4v) is 5.31. The van der Waals surface area contributed by atoms with E-state index < -0.39 is 0 Å². The topological polar surface area (TPSA) is 58.1 Å². The zero-order valence-electron chi connectivity index (χ0n) is 14.4. The zero-order valence-corrected chi connectivity index (χ0v) is 15.2. The van der Waals surface area contributed by atoms with Gasteiger partial charge in [-0.15, -0.1) is 11.3 Å². The van der Waals surface area contributed by atoms with E-state index in [0.717, 1.165) is 48.8 Å². The zero-order chi connectivity index (χ0) is 16.7. The second kappa shape index (κ2) is 6.31. The lowest BCUT2D eigenvalue weighted by atomic mass is 9.96. The molecule has 0 saturated carbocycles. The predicted molar refractivity (Wildman–Crippen MR) is 97.8 cm³/mol. The number of carbonyl (C=O) groups excluding carboxylic acids is 1. The summed E-state index contributed by atoms with van der Waals surface area (Å²) in [6, 6.07) is 0. The number of aromatic nitrogens is 2. The molecule has 1 amide bonds. The first-order valence-corrected chi connectivity index (χ1v) is 9.80. The quantitative estimate of drug-likeness (QED) is 0.930. The molecule has 5 nitrogen and oxygen atoms in total. The highest BCUT2D eigenvalue weighted by atomic mass is 32.1. The summed E-state index contributed by atoms with van der Waals surface area (Å²) in [5.41, 5.74) is 1.46. The van der Waals surface area contributed by atoms with E-state index in [-0.39, 0.29) is 11.8 Å². The average Bonchev–Trinajstić information content (AvgIpc) is 3.15. The number of anilines is 1. The number of rotatable bonds is 3. The van der Waals surface area contributed by atoms with E-state index in [1.165, 1.54) is 28.7 Å². The molecule has 1 N–H and O–H groups in total. The van der Waals surface area contributed by atoms with Gasteiger partial charge in [0.2, 0.25) is 5.91 Å². The standard InChI is InChI=1S/C18H24N4OS/c1-3-19-17(23)12-6-5-9-22(10-12)16-15-13-7-4-8-14(13)24-18(15)21-11(2)20-16/h12H,3-10H2,1-2H3,(H,19,23). The molecule has 128 valence electrons. The third-order valence-corrected chi connectivity index (χ3v) is 6.29. The number of hydrogen-bond donors (Lipinski definition) is 1. The highest BCUT2D eigenvalue weighted by Crippen LogP contribution is 2.41. The Morgan fingerprint density at radius 2 is 2.21 bits per heavy atom. The van der Waals surface area contributed by atoms with E-state index in [9.17, 15) is 4.79 Å². The van der Waals surface area contributed by atoms with Crippen molar-refractivity contribution in [2.24, 2.45) is 5.92 Å². The van der Waals surface area contributed by atoms with Gasteiger partial charge in [0.15, 0.2) is 0 Å². The SMILES string of the molecule is CCNC(=O)C1CCCN(c2nc(C)nc3sc4c(c23)CCC4)C1.